The number of imide groups is 1. The molecule has 1 N–H and O–H groups in total. The number of rotatable bonds is 2. The summed E-state index contributed by atoms with van der Waals surface area (Å²) in [5.74, 6) is -0.600. The van der Waals surface area contributed by atoms with Crippen molar-refractivity contribution < 1.29 is 14.4 Å². The van der Waals surface area contributed by atoms with Crippen molar-refractivity contribution in [3.05, 3.63) is 34.3 Å². The lowest BCUT2D eigenvalue weighted by atomic mass is 9.74. The minimum absolute atomic E-state index is 0.284. The van der Waals surface area contributed by atoms with Crippen LogP contribution in [0.5, 0.6) is 0 Å². The fraction of sp³-hybridized carbons (Fsp3) is 0.556. The van der Waals surface area contributed by atoms with E-state index in [1.807, 2.05) is 45.2 Å². The van der Waals surface area contributed by atoms with Gasteiger partial charge < -0.3 is 0 Å². The highest BCUT2D eigenvalue weighted by Gasteiger charge is 2.55. The number of benzene rings is 1. The Bertz CT molecular complexity index is 639. The summed E-state index contributed by atoms with van der Waals surface area (Å²) in [4.78, 5) is 31.1. The first-order valence-electron chi connectivity index (χ1n) is 7.99. The molecule has 0 radical (unpaired) electrons. The second-order valence-electron chi connectivity index (χ2n) is 7.56. The standard InChI is InChI=1S/C18H25BrN2O3/c1-11-18(5,16(23)20-15(22)17(2,3)4)14(21(6)24-11)12-7-9-13(19)10-8-12/h7-11,14H,1-6H3,(H,20,22,23)/t11-,14-,18-/m0/s1. The predicted octanol–water partition coefficient (Wildman–Crippen LogP) is 3.45. The molecule has 3 atom stereocenters. The third-order valence-corrected chi connectivity index (χ3v) is 5.21. The fourth-order valence-corrected chi connectivity index (χ4v) is 3.22. The van der Waals surface area contributed by atoms with Gasteiger partial charge in [-0.15, -0.1) is 0 Å². The number of nitrogens with zero attached hydrogens (tertiary/aromatic N) is 1. The van der Waals surface area contributed by atoms with E-state index in [0.717, 1.165) is 10.0 Å². The van der Waals surface area contributed by atoms with E-state index in [1.165, 1.54) is 0 Å². The third kappa shape index (κ3) is 3.41. The smallest absolute Gasteiger partial charge is 0.237 e. The maximum atomic E-state index is 13.0. The number of carbonyl (C=O) groups excluding carboxylic acids is 2. The molecule has 1 saturated heterocycles. The van der Waals surface area contributed by atoms with Crippen LogP contribution in [0.15, 0.2) is 28.7 Å². The Morgan fingerprint density at radius 3 is 2.29 bits per heavy atom. The second-order valence-corrected chi connectivity index (χ2v) is 8.48. The largest absolute Gasteiger partial charge is 0.295 e. The van der Waals surface area contributed by atoms with Crippen LogP contribution in [0.1, 0.15) is 46.2 Å². The first kappa shape index (κ1) is 19.1. The van der Waals surface area contributed by atoms with E-state index in [2.05, 4.69) is 21.2 Å². The SMILES string of the molecule is C[C@@H]1ON(C)[C@@H](c2ccc(Br)cc2)[C@@]1(C)C(=O)NC(=O)C(C)(C)C. The number of hydrogen-bond donors (Lipinski definition) is 1. The molecule has 0 spiro atoms. The van der Waals surface area contributed by atoms with Gasteiger partial charge in [0.05, 0.1) is 17.6 Å². The molecule has 0 saturated carbocycles. The molecule has 0 aliphatic carbocycles. The van der Waals surface area contributed by atoms with Gasteiger partial charge in [0.1, 0.15) is 0 Å². The van der Waals surface area contributed by atoms with Crippen LogP contribution in [-0.4, -0.2) is 30.0 Å². The zero-order valence-corrected chi connectivity index (χ0v) is 16.6. The van der Waals surface area contributed by atoms with Gasteiger partial charge in [0, 0.05) is 16.9 Å². The molecule has 1 heterocycles. The van der Waals surface area contributed by atoms with Crippen molar-refractivity contribution in [1.29, 1.82) is 0 Å². The summed E-state index contributed by atoms with van der Waals surface area (Å²) in [5.41, 5.74) is -0.553. The van der Waals surface area contributed by atoms with Crippen molar-refractivity contribution in [2.45, 2.75) is 46.8 Å². The van der Waals surface area contributed by atoms with Crippen molar-refractivity contribution in [3.8, 4) is 0 Å². The molecule has 24 heavy (non-hydrogen) atoms. The normalized spacial score (nSPS) is 28.0. The summed E-state index contributed by atoms with van der Waals surface area (Å²) in [6.45, 7) is 9.05. The fourth-order valence-electron chi connectivity index (χ4n) is 2.96. The van der Waals surface area contributed by atoms with Gasteiger partial charge in [-0.3, -0.25) is 19.7 Å². The van der Waals surface area contributed by atoms with E-state index in [0.29, 0.717) is 0 Å². The Labute approximate surface area is 151 Å². The maximum absolute atomic E-state index is 13.0. The van der Waals surface area contributed by atoms with Crippen LogP contribution in [0, 0.1) is 10.8 Å². The zero-order chi connectivity index (χ0) is 18.3. The number of hydrogen-bond acceptors (Lipinski definition) is 4. The van der Waals surface area contributed by atoms with E-state index >= 15 is 0 Å². The lowest BCUT2D eigenvalue weighted by Crippen LogP contribution is -2.51. The third-order valence-electron chi connectivity index (χ3n) is 4.68. The summed E-state index contributed by atoms with van der Waals surface area (Å²) in [6, 6.07) is 7.51. The van der Waals surface area contributed by atoms with Gasteiger partial charge in [-0.1, -0.05) is 48.8 Å². The maximum Gasteiger partial charge on any atom is 0.237 e. The molecule has 2 rings (SSSR count). The molecule has 6 heteroatoms. The molecule has 1 fully saturated rings. The minimum Gasteiger partial charge on any atom is -0.295 e. The molecule has 0 bridgehead atoms. The number of amides is 2. The number of halogens is 1. The van der Waals surface area contributed by atoms with Crippen molar-refractivity contribution >= 4 is 27.7 Å². The van der Waals surface area contributed by atoms with Crippen LogP contribution in [0.25, 0.3) is 0 Å². The highest BCUT2D eigenvalue weighted by atomic mass is 79.9. The molecule has 1 aromatic rings. The van der Waals surface area contributed by atoms with E-state index in [9.17, 15) is 9.59 Å². The lowest BCUT2D eigenvalue weighted by molar-refractivity contribution is -0.145. The van der Waals surface area contributed by atoms with Crippen molar-refractivity contribution in [2.75, 3.05) is 7.05 Å². The monoisotopic (exact) mass is 396 g/mol. The molecule has 5 nitrogen and oxygen atoms in total. The van der Waals surface area contributed by atoms with Crippen molar-refractivity contribution in [1.82, 2.24) is 10.4 Å². The summed E-state index contributed by atoms with van der Waals surface area (Å²) in [6.07, 6.45) is -0.357. The Hall–Kier alpha value is -1.24. The van der Waals surface area contributed by atoms with Crippen LogP contribution < -0.4 is 5.32 Å². The Morgan fingerprint density at radius 1 is 1.25 bits per heavy atom. The van der Waals surface area contributed by atoms with Gasteiger partial charge in [-0.2, -0.15) is 5.06 Å². The highest BCUT2D eigenvalue weighted by molar-refractivity contribution is 9.10. The Balaban J connectivity index is 2.37. The molecular weight excluding hydrogens is 372 g/mol. The predicted molar refractivity (Wildman–Crippen MR) is 95.9 cm³/mol. The van der Waals surface area contributed by atoms with Crippen LogP contribution in [-0.2, 0) is 14.4 Å². The second kappa shape index (κ2) is 6.58. The van der Waals surface area contributed by atoms with Gasteiger partial charge in [0.2, 0.25) is 11.8 Å². The van der Waals surface area contributed by atoms with Gasteiger partial charge >= 0.3 is 0 Å². The first-order valence-corrected chi connectivity index (χ1v) is 8.78. The first-order chi connectivity index (χ1) is 11.0. The minimum atomic E-state index is -0.885. The molecule has 132 valence electrons. The average molecular weight is 397 g/mol. The quantitative estimate of drug-likeness (QED) is 0.831. The zero-order valence-electron chi connectivity index (χ0n) is 15.0. The molecule has 0 aromatic heterocycles. The average Bonchev–Trinajstić information content (AvgIpc) is 2.70. The topological polar surface area (TPSA) is 58.6 Å². The van der Waals surface area contributed by atoms with E-state index in [4.69, 9.17) is 4.84 Å². The van der Waals surface area contributed by atoms with Gasteiger partial charge in [0.25, 0.3) is 0 Å². The molecular formula is C18H25BrN2O3. The number of nitrogens with one attached hydrogen (secondary N) is 1. The summed E-state index contributed by atoms with van der Waals surface area (Å²) in [7, 11) is 1.81. The lowest BCUT2D eigenvalue weighted by Gasteiger charge is -2.33. The van der Waals surface area contributed by atoms with Crippen LogP contribution >= 0.6 is 15.9 Å². The summed E-state index contributed by atoms with van der Waals surface area (Å²) >= 11 is 3.42. The van der Waals surface area contributed by atoms with Gasteiger partial charge in [-0.25, -0.2) is 0 Å². The number of hydroxylamine groups is 2. The van der Waals surface area contributed by atoms with Gasteiger partial charge in [-0.05, 0) is 31.5 Å². The van der Waals surface area contributed by atoms with Crippen LogP contribution in [0.2, 0.25) is 0 Å². The molecule has 1 aromatic carbocycles. The Morgan fingerprint density at radius 2 is 1.79 bits per heavy atom. The summed E-state index contributed by atoms with van der Waals surface area (Å²) in [5, 5.41) is 4.27. The van der Waals surface area contributed by atoms with Crippen molar-refractivity contribution in [2.24, 2.45) is 10.8 Å². The van der Waals surface area contributed by atoms with Gasteiger partial charge in [0.15, 0.2) is 0 Å². The van der Waals surface area contributed by atoms with Crippen LogP contribution in [0.4, 0.5) is 0 Å². The van der Waals surface area contributed by atoms with Crippen LogP contribution in [0.3, 0.4) is 0 Å². The van der Waals surface area contributed by atoms with E-state index < -0.39 is 10.8 Å². The van der Waals surface area contributed by atoms with Crippen molar-refractivity contribution in [3.63, 3.8) is 0 Å². The number of carbonyl (C=O) groups is 2. The molecule has 1 aliphatic rings. The Kier molecular flexibility index (Phi) is 5.23. The van der Waals surface area contributed by atoms with E-state index in [-0.39, 0.29) is 24.0 Å². The molecule has 0 unspecified atom stereocenters. The van der Waals surface area contributed by atoms with E-state index in [1.54, 1.807) is 25.8 Å². The summed E-state index contributed by atoms with van der Waals surface area (Å²) < 4.78 is 0.968. The molecule has 2 amide bonds. The molecule has 1 aliphatic heterocycles. The highest BCUT2D eigenvalue weighted by Crippen LogP contribution is 2.48.